The molecular weight excluding hydrogens is 210 g/mol. The van der Waals surface area contributed by atoms with E-state index in [0.29, 0.717) is 13.0 Å². The molecule has 1 aromatic rings. The van der Waals surface area contributed by atoms with Crippen LogP contribution in [0.15, 0.2) is 6.08 Å². The number of hydrogen-bond donors (Lipinski definition) is 0. The molecule has 15 heavy (non-hydrogen) atoms. The lowest BCUT2D eigenvalue weighted by atomic mass is 10.3. The maximum atomic E-state index is 11.0. The van der Waals surface area contributed by atoms with E-state index in [9.17, 15) is 4.79 Å². The minimum absolute atomic E-state index is 0.187. The van der Waals surface area contributed by atoms with Crippen molar-refractivity contribution >= 4 is 23.4 Å². The Hall–Kier alpha value is -1.16. The van der Waals surface area contributed by atoms with Crippen molar-refractivity contribution in [1.82, 2.24) is 4.98 Å². The monoisotopic (exact) mass is 225 g/mol. The van der Waals surface area contributed by atoms with Gasteiger partial charge >= 0.3 is 5.97 Å². The van der Waals surface area contributed by atoms with Crippen molar-refractivity contribution in [3.8, 4) is 0 Å². The number of esters is 1. The predicted octanol–water partition coefficient (Wildman–Crippen LogP) is 2.73. The van der Waals surface area contributed by atoms with Gasteiger partial charge in [0.1, 0.15) is 0 Å². The lowest BCUT2D eigenvalue weighted by Gasteiger charge is -1.96. The van der Waals surface area contributed by atoms with Crippen molar-refractivity contribution in [3.05, 3.63) is 21.7 Å². The number of rotatable bonds is 4. The van der Waals surface area contributed by atoms with Crippen molar-refractivity contribution in [2.24, 2.45) is 0 Å². The average Bonchev–Trinajstić information content (AvgIpc) is 2.46. The van der Waals surface area contributed by atoms with Gasteiger partial charge in [-0.3, -0.25) is 4.79 Å². The van der Waals surface area contributed by atoms with Crippen LogP contribution in [0.5, 0.6) is 0 Å². The third-order valence-electron chi connectivity index (χ3n) is 1.80. The fraction of sp³-hybridized carbons (Fsp3) is 0.455. The van der Waals surface area contributed by atoms with Gasteiger partial charge in [-0.1, -0.05) is 6.08 Å². The van der Waals surface area contributed by atoms with Crippen molar-refractivity contribution < 1.29 is 9.53 Å². The first-order valence-electron chi connectivity index (χ1n) is 4.89. The fourth-order valence-electron chi connectivity index (χ4n) is 1.18. The van der Waals surface area contributed by atoms with Crippen LogP contribution in [0.25, 0.3) is 6.08 Å². The number of carbonyl (C=O) groups excluding carboxylic acids is 1. The van der Waals surface area contributed by atoms with Gasteiger partial charge in [-0.25, -0.2) is 4.98 Å². The SMILES string of the molecule is CCOC(=O)CC=Cc1sc(C)nc1C. The molecule has 1 heterocycles. The number of ether oxygens (including phenoxy) is 1. The highest BCUT2D eigenvalue weighted by atomic mass is 32.1. The first kappa shape index (κ1) is 11.9. The highest BCUT2D eigenvalue weighted by Gasteiger charge is 2.01. The van der Waals surface area contributed by atoms with Crippen LogP contribution in [0.3, 0.4) is 0 Å². The summed E-state index contributed by atoms with van der Waals surface area (Å²) in [6.45, 7) is 6.18. The standard InChI is InChI=1S/C11H15NO2S/c1-4-14-11(13)7-5-6-10-8(2)12-9(3)15-10/h5-6H,4,7H2,1-3H3. The molecule has 0 aliphatic heterocycles. The van der Waals surface area contributed by atoms with Gasteiger partial charge in [0.15, 0.2) is 0 Å². The number of hydrogen-bond acceptors (Lipinski definition) is 4. The molecule has 1 aromatic heterocycles. The normalized spacial score (nSPS) is 10.9. The van der Waals surface area contributed by atoms with Gasteiger partial charge in [0, 0.05) is 4.88 Å². The van der Waals surface area contributed by atoms with E-state index in [1.54, 1.807) is 18.3 Å². The van der Waals surface area contributed by atoms with Crippen molar-refractivity contribution in [1.29, 1.82) is 0 Å². The summed E-state index contributed by atoms with van der Waals surface area (Å²) >= 11 is 1.63. The molecule has 1 rings (SSSR count). The maximum absolute atomic E-state index is 11.0. The van der Waals surface area contributed by atoms with Crippen LogP contribution in [0.4, 0.5) is 0 Å². The summed E-state index contributed by atoms with van der Waals surface area (Å²) in [4.78, 5) is 16.4. The van der Waals surface area contributed by atoms with Crippen molar-refractivity contribution in [3.63, 3.8) is 0 Å². The highest BCUT2D eigenvalue weighted by Crippen LogP contribution is 2.18. The van der Waals surface area contributed by atoms with E-state index in [1.165, 1.54) is 0 Å². The minimum Gasteiger partial charge on any atom is -0.466 e. The van der Waals surface area contributed by atoms with Crippen LogP contribution in [-0.4, -0.2) is 17.6 Å². The summed E-state index contributed by atoms with van der Waals surface area (Å²) in [5.41, 5.74) is 1.01. The Balaban J connectivity index is 2.51. The molecule has 0 saturated heterocycles. The smallest absolute Gasteiger partial charge is 0.309 e. The third kappa shape index (κ3) is 3.83. The first-order chi connectivity index (χ1) is 7.13. The summed E-state index contributed by atoms with van der Waals surface area (Å²) in [6.07, 6.45) is 4.07. The van der Waals surface area contributed by atoms with E-state index in [4.69, 9.17) is 4.74 Å². The Labute approximate surface area is 93.8 Å². The molecular formula is C11H15NO2S. The Bertz CT molecular complexity index is 369. The molecule has 0 fully saturated rings. The fourth-order valence-corrected chi connectivity index (χ4v) is 2.04. The summed E-state index contributed by atoms with van der Waals surface area (Å²) in [5, 5.41) is 1.04. The van der Waals surface area contributed by atoms with Gasteiger partial charge in [0.2, 0.25) is 0 Å². The Morgan fingerprint density at radius 1 is 1.53 bits per heavy atom. The van der Waals surface area contributed by atoms with Gasteiger partial charge in [-0.05, 0) is 26.8 Å². The van der Waals surface area contributed by atoms with E-state index < -0.39 is 0 Å². The minimum atomic E-state index is -0.187. The maximum Gasteiger partial charge on any atom is 0.309 e. The van der Waals surface area contributed by atoms with Crippen LogP contribution in [0.1, 0.15) is 28.9 Å². The van der Waals surface area contributed by atoms with Crippen molar-refractivity contribution in [2.45, 2.75) is 27.2 Å². The van der Waals surface area contributed by atoms with Gasteiger partial charge in [-0.15, -0.1) is 11.3 Å². The molecule has 3 nitrogen and oxygen atoms in total. The third-order valence-corrected chi connectivity index (χ3v) is 2.84. The van der Waals surface area contributed by atoms with Crippen molar-refractivity contribution in [2.75, 3.05) is 6.61 Å². The second-order valence-corrected chi connectivity index (χ2v) is 4.33. The summed E-state index contributed by atoms with van der Waals surface area (Å²) in [7, 11) is 0. The number of thiazole rings is 1. The average molecular weight is 225 g/mol. The second kappa shape index (κ2) is 5.66. The lowest BCUT2D eigenvalue weighted by molar-refractivity contribution is -0.142. The molecule has 0 N–H and O–H groups in total. The van der Waals surface area contributed by atoms with Gasteiger partial charge in [0.25, 0.3) is 0 Å². The van der Waals surface area contributed by atoms with Crippen LogP contribution in [0.2, 0.25) is 0 Å². The zero-order valence-electron chi connectivity index (χ0n) is 9.24. The zero-order valence-corrected chi connectivity index (χ0v) is 10.1. The molecule has 4 heteroatoms. The molecule has 0 bridgehead atoms. The summed E-state index contributed by atoms with van der Waals surface area (Å²) < 4.78 is 4.81. The Morgan fingerprint density at radius 3 is 2.80 bits per heavy atom. The number of nitrogens with zero attached hydrogens (tertiary/aromatic N) is 1. The summed E-state index contributed by atoms with van der Waals surface area (Å²) in [5.74, 6) is -0.187. The molecule has 0 aliphatic rings. The topological polar surface area (TPSA) is 39.2 Å². The first-order valence-corrected chi connectivity index (χ1v) is 5.71. The molecule has 0 spiro atoms. The molecule has 0 saturated carbocycles. The second-order valence-electron chi connectivity index (χ2n) is 3.09. The highest BCUT2D eigenvalue weighted by molar-refractivity contribution is 7.12. The molecule has 0 unspecified atom stereocenters. The molecule has 0 atom stereocenters. The summed E-state index contributed by atoms with van der Waals surface area (Å²) in [6, 6.07) is 0. The quantitative estimate of drug-likeness (QED) is 0.740. The van der Waals surface area contributed by atoms with Gasteiger partial charge in [-0.2, -0.15) is 0 Å². The van der Waals surface area contributed by atoms with E-state index in [-0.39, 0.29) is 5.97 Å². The van der Waals surface area contributed by atoms with E-state index in [2.05, 4.69) is 4.98 Å². The largest absolute Gasteiger partial charge is 0.466 e. The van der Waals surface area contributed by atoms with Gasteiger partial charge in [0.05, 0.1) is 23.7 Å². The predicted molar refractivity (Wildman–Crippen MR) is 61.9 cm³/mol. The zero-order chi connectivity index (χ0) is 11.3. The Kier molecular flexibility index (Phi) is 4.49. The van der Waals surface area contributed by atoms with E-state index in [1.807, 2.05) is 26.0 Å². The molecule has 0 aliphatic carbocycles. The van der Waals surface area contributed by atoms with Crippen LogP contribution in [-0.2, 0) is 9.53 Å². The van der Waals surface area contributed by atoms with E-state index in [0.717, 1.165) is 15.6 Å². The molecule has 0 amide bonds. The molecule has 82 valence electrons. The van der Waals surface area contributed by atoms with Crippen LogP contribution >= 0.6 is 11.3 Å². The number of aromatic nitrogens is 1. The molecule has 0 aromatic carbocycles. The number of carbonyl (C=O) groups is 1. The molecule has 0 radical (unpaired) electrons. The van der Waals surface area contributed by atoms with Crippen LogP contribution in [0, 0.1) is 13.8 Å². The number of aryl methyl sites for hydroxylation is 2. The lowest BCUT2D eigenvalue weighted by Crippen LogP contribution is -2.01. The van der Waals surface area contributed by atoms with Gasteiger partial charge < -0.3 is 4.74 Å². The van der Waals surface area contributed by atoms with E-state index >= 15 is 0 Å². The Morgan fingerprint density at radius 2 is 2.27 bits per heavy atom. The van der Waals surface area contributed by atoms with Crippen LogP contribution < -0.4 is 0 Å².